The summed E-state index contributed by atoms with van der Waals surface area (Å²) in [6.07, 6.45) is 2.17. The summed E-state index contributed by atoms with van der Waals surface area (Å²) in [5.74, 6) is 0.523. The molecule has 0 aromatic heterocycles. The van der Waals surface area contributed by atoms with E-state index in [1.807, 2.05) is 6.07 Å². The minimum absolute atomic E-state index is 0.523. The largest absolute Gasteiger partial charge is 0.371 e. The highest BCUT2D eigenvalue weighted by molar-refractivity contribution is 7.80. The van der Waals surface area contributed by atoms with Crippen LogP contribution in [-0.4, -0.2) is 12.5 Å². The third-order valence-corrected chi connectivity index (χ3v) is 1.87. The molecular formula is C10H14OS. The smallest absolute Gasteiger partial charge is 0.0892 e. The summed E-state index contributed by atoms with van der Waals surface area (Å²) in [6, 6.07) is 10.4. The van der Waals surface area contributed by atoms with E-state index in [0.29, 0.717) is 5.94 Å². The van der Waals surface area contributed by atoms with Gasteiger partial charge in [-0.1, -0.05) is 30.3 Å². The Labute approximate surface area is 79.2 Å². The Morgan fingerprint density at radius 2 is 1.92 bits per heavy atom. The van der Waals surface area contributed by atoms with Crippen LogP contribution in [0.5, 0.6) is 0 Å². The highest BCUT2D eigenvalue weighted by atomic mass is 32.1. The third kappa shape index (κ3) is 3.79. The van der Waals surface area contributed by atoms with E-state index in [0.717, 1.165) is 19.4 Å². The summed E-state index contributed by atoms with van der Waals surface area (Å²) in [5, 5.41) is 0. The van der Waals surface area contributed by atoms with Gasteiger partial charge in [0.2, 0.25) is 0 Å². The Hall–Kier alpha value is -0.470. The molecule has 0 aliphatic heterocycles. The molecule has 1 aromatic carbocycles. The van der Waals surface area contributed by atoms with Gasteiger partial charge in [0.25, 0.3) is 0 Å². The second-order valence-corrected chi connectivity index (χ2v) is 2.88. The first-order chi connectivity index (χ1) is 5.93. The minimum Gasteiger partial charge on any atom is -0.371 e. The van der Waals surface area contributed by atoms with Crippen molar-refractivity contribution in [3.63, 3.8) is 0 Å². The van der Waals surface area contributed by atoms with Crippen molar-refractivity contribution in [2.24, 2.45) is 0 Å². The summed E-state index contributed by atoms with van der Waals surface area (Å²) in [6.45, 7) is 0.804. The molecule has 1 rings (SSSR count). The van der Waals surface area contributed by atoms with E-state index >= 15 is 0 Å². The van der Waals surface area contributed by atoms with E-state index in [-0.39, 0.29) is 0 Å². The normalized spacial score (nSPS) is 10.1. The summed E-state index contributed by atoms with van der Waals surface area (Å²) in [5.41, 5.74) is 1.38. The zero-order chi connectivity index (χ0) is 8.65. The molecule has 0 atom stereocenters. The van der Waals surface area contributed by atoms with Crippen LogP contribution in [0.1, 0.15) is 12.0 Å². The van der Waals surface area contributed by atoms with Gasteiger partial charge >= 0.3 is 0 Å². The predicted molar refractivity (Wildman–Crippen MR) is 54.6 cm³/mol. The zero-order valence-corrected chi connectivity index (χ0v) is 7.97. The first-order valence-corrected chi connectivity index (χ1v) is 4.79. The Balaban J connectivity index is 2.16. The summed E-state index contributed by atoms with van der Waals surface area (Å²) in [4.78, 5) is 0. The molecule has 0 unspecified atom stereocenters. The fourth-order valence-corrected chi connectivity index (χ4v) is 1.22. The molecule has 0 amide bonds. The van der Waals surface area contributed by atoms with E-state index in [1.54, 1.807) is 0 Å². The topological polar surface area (TPSA) is 9.23 Å². The first-order valence-electron chi connectivity index (χ1n) is 4.16. The zero-order valence-electron chi connectivity index (χ0n) is 7.07. The van der Waals surface area contributed by atoms with Gasteiger partial charge in [0.15, 0.2) is 0 Å². The monoisotopic (exact) mass is 182 g/mol. The van der Waals surface area contributed by atoms with Gasteiger partial charge in [0, 0.05) is 6.61 Å². The number of thiol groups is 1. The lowest BCUT2D eigenvalue weighted by Crippen LogP contribution is -1.94. The molecule has 0 heterocycles. The van der Waals surface area contributed by atoms with Crippen LogP contribution in [0, 0.1) is 0 Å². The van der Waals surface area contributed by atoms with Crippen molar-refractivity contribution in [2.45, 2.75) is 12.8 Å². The molecule has 0 fully saturated rings. The lowest BCUT2D eigenvalue weighted by atomic mass is 10.1. The summed E-state index contributed by atoms with van der Waals surface area (Å²) >= 11 is 3.96. The van der Waals surface area contributed by atoms with Crippen LogP contribution in [0.4, 0.5) is 0 Å². The van der Waals surface area contributed by atoms with Crippen molar-refractivity contribution < 1.29 is 4.74 Å². The highest BCUT2D eigenvalue weighted by Gasteiger charge is 1.90. The average Bonchev–Trinajstić information content (AvgIpc) is 2.14. The van der Waals surface area contributed by atoms with Crippen molar-refractivity contribution in [1.29, 1.82) is 0 Å². The number of ether oxygens (including phenoxy) is 1. The molecule has 0 saturated heterocycles. The third-order valence-electron chi connectivity index (χ3n) is 1.69. The molecule has 0 saturated carbocycles. The Kier molecular flexibility index (Phi) is 4.88. The maximum absolute atomic E-state index is 5.12. The lowest BCUT2D eigenvalue weighted by Gasteiger charge is -2.00. The Bertz CT molecular complexity index is 198. The van der Waals surface area contributed by atoms with Gasteiger partial charge in [-0.05, 0) is 18.4 Å². The second kappa shape index (κ2) is 6.09. The maximum Gasteiger partial charge on any atom is 0.0892 e. The van der Waals surface area contributed by atoms with E-state index in [2.05, 4.69) is 36.9 Å². The molecule has 0 bridgehead atoms. The van der Waals surface area contributed by atoms with Gasteiger partial charge in [0.05, 0.1) is 5.94 Å². The molecule has 12 heavy (non-hydrogen) atoms. The fourth-order valence-electron chi connectivity index (χ4n) is 1.09. The molecule has 0 aliphatic rings. The molecule has 0 aliphatic carbocycles. The number of rotatable bonds is 5. The summed E-state index contributed by atoms with van der Waals surface area (Å²) in [7, 11) is 0. The van der Waals surface area contributed by atoms with Crippen LogP contribution in [0.25, 0.3) is 0 Å². The van der Waals surface area contributed by atoms with Crippen molar-refractivity contribution in [2.75, 3.05) is 12.5 Å². The van der Waals surface area contributed by atoms with Crippen LogP contribution < -0.4 is 0 Å². The van der Waals surface area contributed by atoms with Crippen LogP contribution >= 0.6 is 12.6 Å². The maximum atomic E-state index is 5.12. The van der Waals surface area contributed by atoms with E-state index < -0.39 is 0 Å². The Morgan fingerprint density at radius 1 is 1.17 bits per heavy atom. The average molecular weight is 182 g/mol. The molecule has 0 N–H and O–H groups in total. The van der Waals surface area contributed by atoms with Crippen LogP contribution in [0.3, 0.4) is 0 Å². The van der Waals surface area contributed by atoms with Gasteiger partial charge in [-0.3, -0.25) is 0 Å². The number of benzene rings is 1. The lowest BCUT2D eigenvalue weighted by molar-refractivity contribution is 0.181. The molecule has 2 heteroatoms. The van der Waals surface area contributed by atoms with Crippen molar-refractivity contribution in [3.8, 4) is 0 Å². The van der Waals surface area contributed by atoms with E-state index in [9.17, 15) is 0 Å². The SMILES string of the molecule is SCOCCCc1ccccc1. The fraction of sp³-hybridized carbons (Fsp3) is 0.400. The van der Waals surface area contributed by atoms with Gasteiger partial charge in [-0.2, -0.15) is 12.6 Å². The molecule has 1 nitrogen and oxygen atoms in total. The number of hydrogen-bond acceptors (Lipinski definition) is 2. The number of hydrogen-bond donors (Lipinski definition) is 1. The van der Waals surface area contributed by atoms with Gasteiger partial charge in [-0.15, -0.1) is 0 Å². The molecule has 66 valence electrons. The van der Waals surface area contributed by atoms with Crippen molar-refractivity contribution >= 4 is 12.6 Å². The molecule has 1 aromatic rings. The standard InChI is InChI=1S/C10H14OS/c12-9-11-8-4-7-10-5-2-1-3-6-10/h1-3,5-6,12H,4,7-9H2. The van der Waals surface area contributed by atoms with Gasteiger partial charge < -0.3 is 4.74 Å². The highest BCUT2D eigenvalue weighted by Crippen LogP contribution is 2.02. The Morgan fingerprint density at radius 3 is 2.58 bits per heavy atom. The van der Waals surface area contributed by atoms with Crippen molar-refractivity contribution in [1.82, 2.24) is 0 Å². The summed E-state index contributed by atoms with van der Waals surface area (Å²) < 4.78 is 5.12. The van der Waals surface area contributed by atoms with Crippen LogP contribution in [-0.2, 0) is 11.2 Å². The quantitative estimate of drug-likeness (QED) is 0.418. The van der Waals surface area contributed by atoms with Crippen LogP contribution in [0.2, 0.25) is 0 Å². The molecule has 0 spiro atoms. The van der Waals surface area contributed by atoms with Crippen molar-refractivity contribution in [3.05, 3.63) is 35.9 Å². The van der Waals surface area contributed by atoms with E-state index in [1.165, 1.54) is 5.56 Å². The second-order valence-electron chi connectivity index (χ2n) is 2.63. The molecule has 0 radical (unpaired) electrons. The number of aryl methyl sites for hydroxylation is 1. The first kappa shape index (κ1) is 9.62. The van der Waals surface area contributed by atoms with Gasteiger partial charge in [0.1, 0.15) is 0 Å². The van der Waals surface area contributed by atoms with Crippen LogP contribution in [0.15, 0.2) is 30.3 Å². The predicted octanol–water partition coefficient (Wildman–Crippen LogP) is 2.52. The van der Waals surface area contributed by atoms with E-state index in [4.69, 9.17) is 4.74 Å². The van der Waals surface area contributed by atoms with Gasteiger partial charge in [-0.25, -0.2) is 0 Å². The molecular weight excluding hydrogens is 168 g/mol. The minimum atomic E-state index is 0.523.